The highest BCUT2D eigenvalue weighted by molar-refractivity contribution is 6.33. The van der Waals surface area contributed by atoms with Gasteiger partial charge < -0.3 is 14.0 Å². The molecule has 6 heteroatoms. The number of nitrogens with zero attached hydrogens (tertiary/aromatic N) is 1. The van der Waals surface area contributed by atoms with Gasteiger partial charge in [0.1, 0.15) is 16.5 Å². The molecule has 1 heterocycles. The van der Waals surface area contributed by atoms with Gasteiger partial charge in [-0.05, 0) is 19.1 Å². The van der Waals surface area contributed by atoms with Gasteiger partial charge in [0.15, 0.2) is 5.82 Å². The van der Waals surface area contributed by atoms with Crippen LogP contribution in [0.2, 0.25) is 5.02 Å². The smallest absolute Gasteiger partial charge is 0.354 e. The van der Waals surface area contributed by atoms with E-state index in [0.29, 0.717) is 5.39 Å². The molecule has 0 fully saturated rings. The fourth-order valence-electron chi connectivity index (χ4n) is 1.98. The lowest BCUT2D eigenvalue weighted by Crippen LogP contribution is -2.09. The SMILES string of the molecule is CCOC(=O)c1cc2cc(OC)c(Cl)c(F)c2n1C. The number of hydrogen-bond donors (Lipinski definition) is 0. The van der Waals surface area contributed by atoms with E-state index < -0.39 is 11.8 Å². The zero-order valence-electron chi connectivity index (χ0n) is 10.8. The summed E-state index contributed by atoms with van der Waals surface area (Å²) >= 11 is 5.86. The summed E-state index contributed by atoms with van der Waals surface area (Å²) in [6.45, 7) is 1.97. The second-order valence-electron chi connectivity index (χ2n) is 3.95. The molecule has 0 saturated carbocycles. The number of methoxy groups -OCH3 is 1. The van der Waals surface area contributed by atoms with Gasteiger partial charge in [-0.2, -0.15) is 0 Å². The fraction of sp³-hybridized carbons (Fsp3) is 0.308. The van der Waals surface area contributed by atoms with E-state index in [1.807, 2.05) is 0 Å². The summed E-state index contributed by atoms with van der Waals surface area (Å²) in [4.78, 5) is 11.8. The Morgan fingerprint density at radius 3 is 2.74 bits per heavy atom. The van der Waals surface area contributed by atoms with Gasteiger partial charge in [-0.1, -0.05) is 11.6 Å². The van der Waals surface area contributed by atoms with Crippen molar-refractivity contribution >= 4 is 28.5 Å². The van der Waals surface area contributed by atoms with Gasteiger partial charge in [0, 0.05) is 12.4 Å². The Morgan fingerprint density at radius 1 is 1.47 bits per heavy atom. The summed E-state index contributed by atoms with van der Waals surface area (Å²) in [7, 11) is 2.99. The summed E-state index contributed by atoms with van der Waals surface area (Å²) in [6, 6.07) is 3.14. The van der Waals surface area contributed by atoms with Crippen molar-refractivity contribution in [2.24, 2.45) is 7.05 Å². The maximum absolute atomic E-state index is 14.2. The summed E-state index contributed by atoms with van der Waals surface area (Å²) < 4.78 is 25.5. The number of fused-ring (bicyclic) bond motifs is 1. The average molecular weight is 286 g/mol. The van der Waals surface area contributed by atoms with E-state index >= 15 is 0 Å². The molecule has 0 unspecified atom stereocenters. The van der Waals surface area contributed by atoms with E-state index in [4.69, 9.17) is 21.1 Å². The van der Waals surface area contributed by atoms with Crippen LogP contribution in [0.15, 0.2) is 12.1 Å². The molecule has 0 bridgehead atoms. The van der Waals surface area contributed by atoms with Crippen LogP contribution in [0, 0.1) is 5.82 Å². The van der Waals surface area contributed by atoms with Crippen LogP contribution >= 0.6 is 11.6 Å². The third kappa shape index (κ3) is 2.14. The molecular formula is C13H13ClFNO3. The molecule has 4 nitrogen and oxygen atoms in total. The van der Waals surface area contributed by atoms with Crippen molar-refractivity contribution in [3.05, 3.63) is 28.7 Å². The first kappa shape index (κ1) is 13.7. The summed E-state index contributed by atoms with van der Waals surface area (Å²) in [6.07, 6.45) is 0. The molecule has 0 amide bonds. The molecule has 1 aromatic heterocycles. The van der Waals surface area contributed by atoms with Gasteiger partial charge in [-0.15, -0.1) is 0 Å². The first-order valence-corrected chi connectivity index (χ1v) is 6.07. The monoisotopic (exact) mass is 285 g/mol. The summed E-state index contributed by atoms with van der Waals surface area (Å²) in [5, 5.41) is 0.427. The Morgan fingerprint density at radius 2 is 2.16 bits per heavy atom. The van der Waals surface area contributed by atoms with E-state index in [9.17, 15) is 9.18 Å². The number of aryl methyl sites for hydroxylation is 1. The minimum Gasteiger partial charge on any atom is -0.495 e. The number of halogens is 2. The zero-order chi connectivity index (χ0) is 14.2. The van der Waals surface area contributed by atoms with Crippen LogP contribution < -0.4 is 4.74 Å². The lowest BCUT2D eigenvalue weighted by atomic mass is 10.2. The van der Waals surface area contributed by atoms with Crippen LogP contribution in [-0.4, -0.2) is 24.3 Å². The molecule has 0 radical (unpaired) electrons. The molecule has 0 aliphatic rings. The van der Waals surface area contributed by atoms with Crippen LogP contribution in [0.4, 0.5) is 4.39 Å². The van der Waals surface area contributed by atoms with Gasteiger partial charge in [0.25, 0.3) is 0 Å². The maximum atomic E-state index is 14.2. The van der Waals surface area contributed by atoms with Crippen LogP contribution in [0.25, 0.3) is 10.9 Å². The van der Waals surface area contributed by atoms with Crippen LogP contribution in [0.3, 0.4) is 0 Å². The Hall–Kier alpha value is -1.75. The number of carbonyl (C=O) groups is 1. The number of ether oxygens (including phenoxy) is 2. The number of esters is 1. The molecule has 0 aliphatic carbocycles. The lowest BCUT2D eigenvalue weighted by molar-refractivity contribution is 0.0516. The molecule has 0 N–H and O–H groups in total. The second kappa shape index (κ2) is 5.09. The third-order valence-electron chi connectivity index (χ3n) is 2.87. The predicted molar refractivity (Wildman–Crippen MR) is 70.4 cm³/mol. The van der Waals surface area contributed by atoms with Gasteiger partial charge in [0.2, 0.25) is 0 Å². The van der Waals surface area contributed by atoms with Crippen molar-refractivity contribution in [1.29, 1.82) is 0 Å². The quantitative estimate of drug-likeness (QED) is 0.813. The van der Waals surface area contributed by atoms with E-state index in [-0.39, 0.29) is 28.6 Å². The minimum absolute atomic E-state index is 0.105. The third-order valence-corrected chi connectivity index (χ3v) is 3.22. The van der Waals surface area contributed by atoms with Crippen molar-refractivity contribution in [3.63, 3.8) is 0 Å². The highest BCUT2D eigenvalue weighted by Gasteiger charge is 2.20. The molecule has 19 heavy (non-hydrogen) atoms. The average Bonchev–Trinajstić information content (AvgIpc) is 2.71. The molecule has 0 spiro atoms. The summed E-state index contributed by atoms with van der Waals surface area (Å²) in [5.74, 6) is -0.891. The Balaban J connectivity index is 2.70. The van der Waals surface area contributed by atoms with Gasteiger partial charge in [-0.25, -0.2) is 9.18 Å². The van der Waals surface area contributed by atoms with E-state index in [2.05, 4.69) is 0 Å². The zero-order valence-corrected chi connectivity index (χ0v) is 11.5. The Bertz CT molecular complexity index is 651. The Labute approximate surface area is 114 Å². The van der Waals surface area contributed by atoms with Crippen LogP contribution in [-0.2, 0) is 11.8 Å². The van der Waals surface area contributed by atoms with Gasteiger partial charge in [-0.3, -0.25) is 0 Å². The number of aromatic nitrogens is 1. The van der Waals surface area contributed by atoms with Gasteiger partial charge in [0.05, 0.1) is 19.2 Å². The number of benzene rings is 1. The van der Waals surface area contributed by atoms with E-state index in [1.54, 1.807) is 26.1 Å². The van der Waals surface area contributed by atoms with Crippen LogP contribution in [0.1, 0.15) is 17.4 Å². The normalized spacial score (nSPS) is 10.8. The number of rotatable bonds is 3. The molecule has 2 aromatic rings. The van der Waals surface area contributed by atoms with Crippen molar-refractivity contribution in [1.82, 2.24) is 4.57 Å². The molecule has 2 rings (SSSR count). The molecular weight excluding hydrogens is 273 g/mol. The highest BCUT2D eigenvalue weighted by Crippen LogP contribution is 2.35. The molecule has 0 aliphatic heterocycles. The fourth-order valence-corrected chi connectivity index (χ4v) is 2.20. The van der Waals surface area contributed by atoms with Crippen molar-refractivity contribution in [3.8, 4) is 5.75 Å². The minimum atomic E-state index is -0.617. The molecule has 1 aromatic carbocycles. The summed E-state index contributed by atoms with van der Waals surface area (Å²) in [5.41, 5.74) is 0.508. The lowest BCUT2D eigenvalue weighted by Gasteiger charge is -2.07. The number of hydrogen-bond acceptors (Lipinski definition) is 3. The molecule has 102 valence electrons. The highest BCUT2D eigenvalue weighted by atomic mass is 35.5. The molecule has 0 atom stereocenters. The first-order valence-electron chi connectivity index (χ1n) is 5.69. The predicted octanol–water partition coefficient (Wildman–Crippen LogP) is 3.16. The molecule has 0 saturated heterocycles. The van der Waals surface area contributed by atoms with Crippen molar-refractivity contribution in [2.45, 2.75) is 6.92 Å². The van der Waals surface area contributed by atoms with E-state index in [1.165, 1.54) is 11.7 Å². The maximum Gasteiger partial charge on any atom is 0.354 e. The first-order chi connectivity index (χ1) is 9.01. The topological polar surface area (TPSA) is 40.5 Å². The largest absolute Gasteiger partial charge is 0.495 e. The van der Waals surface area contributed by atoms with Crippen molar-refractivity contribution in [2.75, 3.05) is 13.7 Å². The van der Waals surface area contributed by atoms with E-state index in [0.717, 1.165) is 0 Å². The standard InChI is InChI=1S/C13H13ClFNO3/c1-4-19-13(17)8-5-7-6-9(18-3)10(14)11(15)12(7)16(8)2/h5-6H,4H2,1-3H3. The second-order valence-corrected chi connectivity index (χ2v) is 4.33. The van der Waals surface area contributed by atoms with Crippen LogP contribution in [0.5, 0.6) is 5.75 Å². The number of carbonyl (C=O) groups excluding carboxylic acids is 1. The van der Waals surface area contributed by atoms with Crippen molar-refractivity contribution < 1.29 is 18.7 Å². The Kier molecular flexibility index (Phi) is 3.66. The van der Waals surface area contributed by atoms with Gasteiger partial charge >= 0.3 is 5.97 Å².